The summed E-state index contributed by atoms with van der Waals surface area (Å²) in [4.78, 5) is 221. The van der Waals surface area contributed by atoms with E-state index in [4.69, 9.17) is 34.2 Å². The molecule has 6 atom stereocenters. The van der Waals surface area contributed by atoms with E-state index in [0.717, 1.165) is 49.7 Å². The molecule has 2 aliphatic rings. The molecule has 0 spiro atoms. The van der Waals surface area contributed by atoms with Crippen LogP contribution in [0.25, 0.3) is 10.8 Å². The third kappa shape index (κ3) is 41.0. The summed E-state index contributed by atoms with van der Waals surface area (Å²) in [5, 5.41) is 27.1. The SMILES string of the molecule is CCOC(=O)CNC(=O)CSC1CC(=O)N(CCC(=O)NCCOCCOCC(=O)NCCCCC(NC(=O)C(CCC(C)(C)C)NC(=O)C(CCCCNC(=O)COCCOCCNC(=O)CCN2C(=O)CC(SCC(=O)NCC(=O)OCC)C2=O)NC(=O)C(CCC(C)(C)C)NC(=O)Cc2cccc3ccccc23)C(N)=O)C1=O. The molecule has 4 rings (SSSR count). The molecular formula is C78H119N13O23S2. The van der Waals surface area contributed by atoms with Gasteiger partial charge < -0.3 is 87.3 Å². The maximum Gasteiger partial charge on any atom is 0.325 e. The van der Waals surface area contributed by atoms with Gasteiger partial charge in [0, 0.05) is 65.0 Å². The van der Waals surface area contributed by atoms with E-state index in [0.29, 0.717) is 32.1 Å². The van der Waals surface area contributed by atoms with Crippen molar-refractivity contribution in [3.8, 4) is 0 Å². The molecule has 2 aromatic carbocycles. The summed E-state index contributed by atoms with van der Waals surface area (Å²) in [6.45, 7) is 14.8. The van der Waals surface area contributed by atoms with Crippen LogP contribution in [0.5, 0.6) is 0 Å². The van der Waals surface area contributed by atoms with Crippen molar-refractivity contribution in [2.24, 2.45) is 16.6 Å². The first-order valence-corrected chi connectivity index (χ1v) is 41.4. The van der Waals surface area contributed by atoms with E-state index in [1.807, 2.05) is 84.0 Å². The topological polar surface area (TPSA) is 498 Å². The molecule has 0 aromatic heterocycles. The molecule has 646 valence electrons. The van der Waals surface area contributed by atoms with E-state index in [1.165, 1.54) is 0 Å². The summed E-state index contributed by atoms with van der Waals surface area (Å²) in [5.41, 5.74) is 5.98. The minimum atomic E-state index is -1.27. The fourth-order valence-corrected chi connectivity index (χ4v) is 13.6. The van der Waals surface area contributed by atoms with Gasteiger partial charge in [0.2, 0.25) is 88.6 Å². The summed E-state index contributed by atoms with van der Waals surface area (Å²) in [7, 11) is 0. The number of esters is 2. The van der Waals surface area contributed by atoms with Gasteiger partial charge >= 0.3 is 11.9 Å². The second-order valence-electron chi connectivity index (χ2n) is 29.9. The highest BCUT2D eigenvalue weighted by Gasteiger charge is 2.41. The summed E-state index contributed by atoms with van der Waals surface area (Å²) in [6.07, 6.45) is 2.05. The van der Waals surface area contributed by atoms with E-state index in [1.54, 1.807) is 13.8 Å². The standard InChI is InChI=1S/C78H119N13O23S2/c1-9-113-69(101)45-84-65(97)49-115-58-43-67(99)90(75(58)107)34-26-60(92)82-32-36-109-38-40-111-47-63(95)80-30-15-13-22-54(71(79)103)87-74(106)57(25-29-78(6,7)8)89-72(104)55(88-73(105)56(24-28-77(3,4)5)86-62(94)42-52-20-17-19-51-18-11-12-21-53(51)52)23-14-16-31-81-64(96)48-112-41-39-110-37-33-83-61(93)27-35-91-68(100)44-59(76(91)108)116-50-66(98)85-46-70(102)114-10-2/h11-12,17-21,54-59H,9-10,13-16,22-50H2,1-8H3,(H2,79,103)(H,80,95)(H,81,96)(H,82,92)(H,83,93)(H,84,97)(H,85,98)(H,86,94)(H,87,106)(H,88,105)(H,89,104). The van der Waals surface area contributed by atoms with Crippen molar-refractivity contribution < 1.29 is 110 Å². The van der Waals surface area contributed by atoms with Gasteiger partial charge in [0.05, 0.1) is 81.3 Å². The van der Waals surface area contributed by atoms with Crippen LogP contribution in [0.3, 0.4) is 0 Å². The number of nitrogens with zero attached hydrogens (tertiary/aromatic N) is 2. The first-order valence-electron chi connectivity index (χ1n) is 39.3. The summed E-state index contributed by atoms with van der Waals surface area (Å²) >= 11 is 1.92. The molecule has 12 N–H and O–H groups in total. The quantitative estimate of drug-likeness (QED) is 0.0239. The van der Waals surface area contributed by atoms with Gasteiger partial charge in [-0.1, -0.05) is 84.0 Å². The number of carbonyl (C=O) groups excluding carboxylic acids is 17. The smallest absolute Gasteiger partial charge is 0.325 e. The summed E-state index contributed by atoms with van der Waals surface area (Å²) in [6, 6.07) is 8.50. The number of hydrogen-bond donors (Lipinski definition) is 11. The molecule has 38 heteroatoms. The minimum absolute atomic E-state index is 0.0238. The van der Waals surface area contributed by atoms with Gasteiger partial charge in [0.25, 0.3) is 0 Å². The molecule has 0 saturated carbocycles. The molecule has 6 unspecified atom stereocenters. The molecule has 0 bridgehead atoms. The molecule has 15 amide bonds. The molecule has 0 aliphatic carbocycles. The number of nitrogens with two attached hydrogens (primary N) is 1. The van der Waals surface area contributed by atoms with Crippen LogP contribution >= 0.6 is 23.5 Å². The second kappa shape index (κ2) is 53.8. The average Bonchev–Trinajstić information content (AvgIpc) is 1.65. The predicted octanol–water partition coefficient (Wildman–Crippen LogP) is 0.191. The van der Waals surface area contributed by atoms with Crippen LogP contribution in [0.1, 0.15) is 151 Å². The van der Waals surface area contributed by atoms with Crippen molar-refractivity contribution in [1.82, 2.24) is 63.0 Å². The van der Waals surface area contributed by atoms with Crippen LogP contribution in [0, 0.1) is 10.8 Å². The fraction of sp³-hybridized carbons (Fsp3) is 0.654. The second-order valence-corrected chi connectivity index (χ2v) is 32.3. The van der Waals surface area contributed by atoms with Gasteiger partial charge in [0.15, 0.2) is 0 Å². The maximum atomic E-state index is 14.7. The number of fused-ring (bicyclic) bond motifs is 1. The number of benzene rings is 2. The largest absolute Gasteiger partial charge is 0.465 e. The number of hydrogen-bond acceptors (Lipinski definition) is 25. The van der Waals surface area contributed by atoms with Crippen LogP contribution in [0.15, 0.2) is 42.5 Å². The van der Waals surface area contributed by atoms with Crippen LogP contribution in [-0.4, -0.2) is 275 Å². The molecule has 2 aromatic rings. The number of carbonyl (C=O) groups is 17. The number of amides is 15. The normalized spacial score (nSPS) is 15.2. The molecule has 2 fully saturated rings. The lowest BCUT2D eigenvalue weighted by atomic mass is 9.88. The van der Waals surface area contributed by atoms with Crippen molar-refractivity contribution in [3.05, 3.63) is 48.0 Å². The van der Waals surface area contributed by atoms with Gasteiger partial charge in [-0.15, -0.1) is 23.5 Å². The molecule has 2 saturated heterocycles. The van der Waals surface area contributed by atoms with Crippen LogP contribution in [0.2, 0.25) is 0 Å². The first kappa shape index (κ1) is 99.0. The van der Waals surface area contributed by atoms with Gasteiger partial charge in [-0.25, -0.2) is 0 Å². The Morgan fingerprint density at radius 1 is 0.457 bits per heavy atom. The van der Waals surface area contributed by atoms with E-state index < -0.39 is 135 Å². The predicted molar refractivity (Wildman–Crippen MR) is 429 cm³/mol. The Bertz CT molecular complexity index is 3630. The Hall–Kier alpha value is -9.37. The fourth-order valence-electron chi connectivity index (χ4n) is 11.6. The Morgan fingerprint density at radius 3 is 1.31 bits per heavy atom. The van der Waals surface area contributed by atoms with Gasteiger partial charge in [-0.2, -0.15) is 0 Å². The third-order valence-electron chi connectivity index (χ3n) is 17.8. The van der Waals surface area contributed by atoms with Crippen LogP contribution in [-0.2, 0) is 116 Å². The zero-order chi connectivity index (χ0) is 85.6. The Balaban J connectivity index is 1.23. The molecule has 36 nitrogen and oxygen atoms in total. The van der Waals surface area contributed by atoms with Crippen molar-refractivity contribution in [2.45, 2.75) is 186 Å². The number of primary amides is 1. The number of thioether (sulfide) groups is 2. The van der Waals surface area contributed by atoms with E-state index >= 15 is 0 Å². The Labute approximate surface area is 685 Å². The Morgan fingerprint density at radius 2 is 0.862 bits per heavy atom. The highest BCUT2D eigenvalue weighted by Crippen LogP contribution is 2.28. The zero-order valence-electron chi connectivity index (χ0n) is 67.9. The van der Waals surface area contributed by atoms with E-state index in [9.17, 15) is 81.5 Å². The third-order valence-corrected chi connectivity index (χ3v) is 20.2. The zero-order valence-corrected chi connectivity index (χ0v) is 69.6. The van der Waals surface area contributed by atoms with Crippen LogP contribution in [0.4, 0.5) is 0 Å². The molecule has 2 aliphatic heterocycles. The number of likely N-dealkylation sites (tertiary alicyclic amines) is 2. The molecular weight excluding hydrogens is 1550 g/mol. The number of ether oxygens (including phenoxy) is 6. The van der Waals surface area contributed by atoms with Gasteiger partial charge in [-0.3, -0.25) is 91.3 Å². The number of rotatable bonds is 58. The van der Waals surface area contributed by atoms with Crippen LogP contribution < -0.4 is 58.9 Å². The minimum Gasteiger partial charge on any atom is -0.465 e. The number of unbranched alkanes of at least 4 members (excludes halogenated alkanes) is 2. The monoisotopic (exact) mass is 1670 g/mol. The lowest BCUT2D eigenvalue weighted by molar-refractivity contribution is -0.143. The maximum absolute atomic E-state index is 14.7. The summed E-state index contributed by atoms with van der Waals surface area (Å²) < 4.78 is 31.4. The highest BCUT2D eigenvalue weighted by atomic mass is 32.2. The Kier molecular flexibility index (Phi) is 45.9. The highest BCUT2D eigenvalue weighted by molar-refractivity contribution is 8.01. The molecule has 0 radical (unpaired) electrons. The number of nitrogens with one attached hydrogen (secondary N) is 10. The lowest BCUT2D eigenvalue weighted by Crippen LogP contribution is -2.58. The molecule has 116 heavy (non-hydrogen) atoms. The average molecular weight is 1670 g/mol. The van der Waals surface area contributed by atoms with Gasteiger partial charge in [-0.05, 0) is 105 Å². The first-order chi connectivity index (χ1) is 55.2. The van der Waals surface area contributed by atoms with Crippen molar-refractivity contribution in [2.75, 3.05) is 130 Å². The summed E-state index contributed by atoms with van der Waals surface area (Å²) in [5.74, 6) is -9.57. The van der Waals surface area contributed by atoms with Gasteiger partial charge in [0.1, 0.15) is 50.5 Å². The van der Waals surface area contributed by atoms with Crippen molar-refractivity contribution in [1.29, 1.82) is 0 Å². The van der Waals surface area contributed by atoms with E-state index in [-0.39, 0.29) is 205 Å². The molecule has 2 heterocycles. The number of imide groups is 2. The van der Waals surface area contributed by atoms with Crippen molar-refractivity contribution >= 4 is 135 Å². The van der Waals surface area contributed by atoms with E-state index in [2.05, 4.69) is 53.2 Å². The van der Waals surface area contributed by atoms with Crippen molar-refractivity contribution in [3.63, 3.8) is 0 Å². The lowest BCUT2D eigenvalue weighted by Gasteiger charge is -2.28.